The summed E-state index contributed by atoms with van der Waals surface area (Å²) in [6, 6.07) is 14.5. The Hall–Kier alpha value is -2.47. The second kappa shape index (κ2) is 10.3. The van der Waals surface area contributed by atoms with Crippen molar-refractivity contribution in [1.82, 2.24) is 10.2 Å². The highest BCUT2D eigenvalue weighted by molar-refractivity contribution is 9.10. The molecule has 5 nitrogen and oxygen atoms in total. The minimum absolute atomic E-state index is 0.0479. The summed E-state index contributed by atoms with van der Waals surface area (Å²) in [6.07, 6.45) is 3.66. The molecule has 1 N–H and O–H groups in total. The molecular formula is C23H25BrN2O3. The summed E-state index contributed by atoms with van der Waals surface area (Å²) < 4.78 is 0.912. The molecule has 2 aromatic rings. The maximum Gasteiger partial charge on any atom is 0.253 e. The van der Waals surface area contributed by atoms with Gasteiger partial charge in [0, 0.05) is 48.1 Å². The van der Waals surface area contributed by atoms with Gasteiger partial charge in [-0.2, -0.15) is 0 Å². The smallest absolute Gasteiger partial charge is 0.253 e. The van der Waals surface area contributed by atoms with Crippen LogP contribution in [0.2, 0.25) is 0 Å². The summed E-state index contributed by atoms with van der Waals surface area (Å²) in [5.41, 5.74) is 2.21. The molecule has 2 amide bonds. The van der Waals surface area contributed by atoms with Crippen molar-refractivity contribution in [3.63, 3.8) is 0 Å². The number of carbonyl (C=O) groups is 3. The number of carbonyl (C=O) groups excluding carboxylic acids is 3. The van der Waals surface area contributed by atoms with E-state index in [0.717, 1.165) is 36.0 Å². The van der Waals surface area contributed by atoms with Gasteiger partial charge in [0.25, 0.3) is 5.91 Å². The second-order valence-corrected chi connectivity index (χ2v) is 8.17. The van der Waals surface area contributed by atoms with Crippen LogP contribution in [-0.4, -0.2) is 35.6 Å². The van der Waals surface area contributed by atoms with Crippen molar-refractivity contribution in [2.75, 3.05) is 13.1 Å². The lowest BCUT2D eigenvalue weighted by Crippen LogP contribution is -2.35. The highest BCUT2D eigenvalue weighted by Gasteiger charge is 2.18. The van der Waals surface area contributed by atoms with E-state index in [4.69, 9.17) is 0 Å². The van der Waals surface area contributed by atoms with Crippen LogP contribution in [0.5, 0.6) is 0 Å². The van der Waals surface area contributed by atoms with Crippen LogP contribution in [0.1, 0.15) is 58.4 Å². The topological polar surface area (TPSA) is 66.5 Å². The number of nitrogens with zero attached hydrogens (tertiary/aromatic N) is 1. The minimum Gasteiger partial charge on any atom is -0.352 e. The summed E-state index contributed by atoms with van der Waals surface area (Å²) in [7, 11) is 0. The van der Waals surface area contributed by atoms with Crippen molar-refractivity contribution in [3.8, 4) is 0 Å². The Balaban J connectivity index is 1.43. The summed E-state index contributed by atoms with van der Waals surface area (Å²) in [5.74, 6) is -0.135. The third-order valence-corrected chi connectivity index (χ3v) is 5.61. The number of nitrogens with one attached hydrogen (secondary N) is 1. The average Bonchev–Trinajstić information content (AvgIpc) is 2.77. The van der Waals surface area contributed by atoms with E-state index < -0.39 is 0 Å². The van der Waals surface area contributed by atoms with Gasteiger partial charge >= 0.3 is 0 Å². The first-order chi connectivity index (χ1) is 14.0. The van der Waals surface area contributed by atoms with Gasteiger partial charge in [0.2, 0.25) is 5.91 Å². The molecule has 1 saturated heterocycles. The molecule has 0 aromatic heterocycles. The van der Waals surface area contributed by atoms with Gasteiger partial charge in [0.05, 0.1) is 0 Å². The molecule has 3 rings (SSSR count). The number of piperidine rings is 1. The molecule has 0 saturated carbocycles. The van der Waals surface area contributed by atoms with Crippen LogP contribution in [-0.2, 0) is 11.3 Å². The Morgan fingerprint density at radius 2 is 1.45 bits per heavy atom. The first-order valence-corrected chi connectivity index (χ1v) is 10.8. The molecule has 0 aliphatic carbocycles. The SMILES string of the molecule is O=C(CCC(=O)c1ccc(Br)cc1)NCc1ccc(C(=O)N2CCCCC2)cc1. The molecule has 0 bridgehead atoms. The van der Waals surface area contributed by atoms with Crippen molar-refractivity contribution in [1.29, 1.82) is 0 Å². The molecule has 0 spiro atoms. The zero-order chi connectivity index (χ0) is 20.6. The lowest BCUT2D eigenvalue weighted by atomic mass is 10.1. The Morgan fingerprint density at radius 1 is 0.828 bits per heavy atom. The van der Waals surface area contributed by atoms with Crippen LogP contribution in [0, 0.1) is 0 Å². The number of hydrogen-bond donors (Lipinski definition) is 1. The molecular weight excluding hydrogens is 432 g/mol. The monoisotopic (exact) mass is 456 g/mol. The Labute approximate surface area is 179 Å². The van der Waals surface area contributed by atoms with Gasteiger partial charge in [0.1, 0.15) is 0 Å². The van der Waals surface area contributed by atoms with E-state index in [1.54, 1.807) is 12.1 Å². The van der Waals surface area contributed by atoms with Crippen LogP contribution in [0.3, 0.4) is 0 Å². The number of Topliss-reactive ketones (excluding diaryl/α,β-unsaturated/α-hetero) is 1. The predicted octanol–water partition coefficient (Wildman–Crippen LogP) is 4.35. The Bertz CT molecular complexity index is 857. The summed E-state index contributed by atoms with van der Waals surface area (Å²) in [4.78, 5) is 38.6. The van der Waals surface area contributed by atoms with E-state index >= 15 is 0 Å². The number of amides is 2. The Morgan fingerprint density at radius 3 is 2.10 bits per heavy atom. The van der Waals surface area contributed by atoms with Crippen molar-refractivity contribution in [2.45, 2.75) is 38.6 Å². The molecule has 6 heteroatoms. The maximum atomic E-state index is 12.5. The fraction of sp³-hybridized carbons (Fsp3) is 0.348. The van der Waals surface area contributed by atoms with Crippen LogP contribution >= 0.6 is 15.9 Å². The zero-order valence-corrected chi connectivity index (χ0v) is 17.9. The van der Waals surface area contributed by atoms with E-state index in [1.807, 2.05) is 41.3 Å². The highest BCUT2D eigenvalue weighted by Crippen LogP contribution is 2.14. The van der Waals surface area contributed by atoms with Crippen molar-refractivity contribution < 1.29 is 14.4 Å². The fourth-order valence-electron chi connectivity index (χ4n) is 3.34. The van der Waals surface area contributed by atoms with Gasteiger partial charge in [-0.15, -0.1) is 0 Å². The maximum absolute atomic E-state index is 12.5. The number of likely N-dealkylation sites (tertiary alicyclic amines) is 1. The summed E-state index contributed by atoms with van der Waals surface area (Å²) >= 11 is 3.34. The van der Waals surface area contributed by atoms with E-state index in [1.165, 1.54) is 6.42 Å². The van der Waals surface area contributed by atoms with E-state index in [0.29, 0.717) is 17.7 Å². The molecule has 0 atom stereocenters. The van der Waals surface area contributed by atoms with Gasteiger partial charge in [-0.05, 0) is 49.1 Å². The highest BCUT2D eigenvalue weighted by atomic mass is 79.9. The van der Waals surface area contributed by atoms with Gasteiger partial charge in [-0.3, -0.25) is 14.4 Å². The molecule has 152 valence electrons. The van der Waals surface area contributed by atoms with E-state index in [2.05, 4.69) is 21.2 Å². The number of halogens is 1. The number of rotatable bonds is 7. The van der Waals surface area contributed by atoms with Crippen molar-refractivity contribution in [2.24, 2.45) is 0 Å². The summed E-state index contributed by atoms with van der Waals surface area (Å²) in [5, 5.41) is 2.83. The van der Waals surface area contributed by atoms with Gasteiger partial charge in [-0.25, -0.2) is 0 Å². The molecule has 1 fully saturated rings. The molecule has 1 aliphatic rings. The number of ketones is 1. The molecule has 2 aromatic carbocycles. The third kappa shape index (κ3) is 6.26. The van der Waals surface area contributed by atoms with E-state index in [-0.39, 0.29) is 30.4 Å². The average molecular weight is 457 g/mol. The largest absolute Gasteiger partial charge is 0.352 e. The van der Waals surface area contributed by atoms with Crippen LogP contribution in [0.4, 0.5) is 0 Å². The van der Waals surface area contributed by atoms with Crippen molar-refractivity contribution >= 4 is 33.5 Å². The Kier molecular flexibility index (Phi) is 7.58. The lowest BCUT2D eigenvalue weighted by Gasteiger charge is -2.26. The predicted molar refractivity (Wildman–Crippen MR) is 116 cm³/mol. The van der Waals surface area contributed by atoms with Gasteiger partial charge in [-0.1, -0.05) is 40.2 Å². The zero-order valence-electron chi connectivity index (χ0n) is 16.3. The third-order valence-electron chi connectivity index (χ3n) is 5.08. The number of hydrogen-bond acceptors (Lipinski definition) is 3. The first kappa shape index (κ1) is 21.2. The van der Waals surface area contributed by atoms with Gasteiger partial charge < -0.3 is 10.2 Å². The standard InChI is InChI=1S/C23H25BrN2O3/c24-20-10-8-18(9-11-20)21(27)12-13-22(28)25-16-17-4-6-19(7-5-17)23(29)26-14-2-1-3-15-26/h4-11H,1-3,12-16H2,(H,25,28). The van der Waals surface area contributed by atoms with Crippen LogP contribution in [0.15, 0.2) is 53.0 Å². The molecule has 0 radical (unpaired) electrons. The fourth-order valence-corrected chi connectivity index (χ4v) is 3.61. The van der Waals surface area contributed by atoms with E-state index in [9.17, 15) is 14.4 Å². The first-order valence-electron chi connectivity index (χ1n) is 9.96. The second-order valence-electron chi connectivity index (χ2n) is 7.26. The molecule has 29 heavy (non-hydrogen) atoms. The molecule has 0 unspecified atom stereocenters. The molecule has 1 aliphatic heterocycles. The molecule has 1 heterocycles. The summed E-state index contributed by atoms with van der Waals surface area (Å²) in [6.45, 7) is 2.04. The quantitative estimate of drug-likeness (QED) is 0.629. The van der Waals surface area contributed by atoms with Crippen LogP contribution < -0.4 is 5.32 Å². The van der Waals surface area contributed by atoms with Crippen molar-refractivity contribution in [3.05, 3.63) is 69.7 Å². The normalized spacial score (nSPS) is 13.8. The van der Waals surface area contributed by atoms with Gasteiger partial charge in [0.15, 0.2) is 5.78 Å². The minimum atomic E-state index is -0.163. The van der Waals surface area contributed by atoms with Crippen LogP contribution in [0.25, 0.3) is 0 Å². The lowest BCUT2D eigenvalue weighted by molar-refractivity contribution is -0.121. The number of benzene rings is 2.